The number of esters is 1. The van der Waals surface area contributed by atoms with Crippen LogP contribution in [-0.2, 0) is 24.7 Å². The van der Waals surface area contributed by atoms with Gasteiger partial charge in [-0.1, -0.05) is 6.92 Å². The molecule has 2 amide bonds. The summed E-state index contributed by atoms with van der Waals surface area (Å²) in [7, 11) is -1.48. The zero-order chi connectivity index (χ0) is 29.2. The molecule has 1 spiro atoms. The SMILES string of the molecule is COC(=O)CCCCN1C(=O)[C@@]2(O[C@@H](CCO)[C@H]([Si](C)(C)O)[C@H]2C)c2cc(NC(=O)c3ccc(N)cc3)ccc21. The number of ether oxygens (including phenoxy) is 2. The number of methoxy groups -OCH3 is 1. The summed E-state index contributed by atoms with van der Waals surface area (Å²) >= 11 is 0. The van der Waals surface area contributed by atoms with Crippen LogP contribution < -0.4 is 16.0 Å². The van der Waals surface area contributed by atoms with Crippen LogP contribution >= 0.6 is 0 Å². The molecule has 2 aliphatic rings. The van der Waals surface area contributed by atoms with E-state index in [9.17, 15) is 24.3 Å². The summed E-state index contributed by atoms with van der Waals surface area (Å²) in [6, 6.07) is 11.9. The van der Waals surface area contributed by atoms with Crippen molar-refractivity contribution in [2.75, 3.05) is 36.2 Å². The van der Waals surface area contributed by atoms with Crippen LogP contribution in [0.15, 0.2) is 42.5 Å². The fourth-order valence-electron chi connectivity index (χ4n) is 6.25. The molecule has 1 saturated heterocycles. The second kappa shape index (κ2) is 11.7. The highest BCUT2D eigenvalue weighted by molar-refractivity contribution is 6.71. The molecule has 0 saturated carbocycles. The molecule has 0 aliphatic carbocycles. The van der Waals surface area contributed by atoms with Crippen LogP contribution in [-0.4, -0.2) is 62.4 Å². The number of aliphatic hydroxyl groups is 1. The molecular formula is C29H39N3O7Si. The number of nitrogen functional groups attached to an aromatic ring is 1. The molecule has 5 N–H and O–H groups in total. The first kappa shape index (κ1) is 29.7. The number of benzene rings is 2. The van der Waals surface area contributed by atoms with Gasteiger partial charge in [-0.2, -0.15) is 0 Å². The van der Waals surface area contributed by atoms with Crippen molar-refractivity contribution in [2.24, 2.45) is 5.92 Å². The van der Waals surface area contributed by atoms with Crippen molar-refractivity contribution < 1.29 is 33.8 Å². The summed E-state index contributed by atoms with van der Waals surface area (Å²) in [5.74, 6) is -1.24. The number of fused-ring (bicyclic) bond motifs is 2. The van der Waals surface area contributed by atoms with Crippen LogP contribution in [0, 0.1) is 5.92 Å². The Morgan fingerprint density at radius 3 is 2.50 bits per heavy atom. The number of nitrogens with one attached hydrogen (secondary N) is 1. The van der Waals surface area contributed by atoms with Gasteiger partial charge < -0.3 is 35.3 Å². The first-order chi connectivity index (χ1) is 18.9. The molecule has 2 heterocycles. The minimum Gasteiger partial charge on any atom is -0.469 e. The molecule has 4 atom stereocenters. The molecule has 216 valence electrons. The smallest absolute Gasteiger partial charge is 0.305 e. The van der Waals surface area contributed by atoms with E-state index in [-0.39, 0.29) is 42.3 Å². The van der Waals surface area contributed by atoms with Gasteiger partial charge in [0.1, 0.15) is 0 Å². The molecule has 4 rings (SSSR count). The highest BCUT2D eigenvalue weighted by Crippen LogP contribution is 2.59. The number of unbranched alkanes of at least 4 members (excludes halogenated alkanes) is 1. The Morgan fingerprint density at radius 2 is 1.88 bits per heavy atom. The lowest BCUT2D eigenvalue weighted by Gasteiger charge is -2.32. The number of aliphatic hydroxyl groups excluding tert-OH is 1. The third-order valence-corrected chi connectivity index (χ3v) is 10.6. The summed E-state index contributed by atoms with van der Waals surface area (Å²) < 4.78 is 11.3. The van der Waals surface area contributed by atoms with Crippen molar-refractivity contribution in [2.45, 2.75) is 62.9 Å². The number of nitrogens with two attached hydrogens (primary N) is 1. The van der Waals surface area contributed by atoms with Crippen LogP contribution in [0.5, 0.6) is 0 Å². The van der Waals surface area contributed by atoms with Crippen LogP contribution in [0.1, 0.15) is 48.5 Å². The maximum absolute atomic E-state index is 14.3. The largest absolute Gasteiger partial charge is 0.469 e. The van der Waals surface area contributed by atoms with E-state index < -0.39 is 20.0 Å². The van der Waals surface area contributed by atoms with Crippen LogP contribution in [0.3, 0.4) is 0 Å². The predicted molar refractivity (Wildman–Crippen MR) is 154 cm³/mol. The second-order valence-electron chi connectivity index (χ2n) is 11.2. The molecule has 2 aromatic carbocycles. The molecule has 10 nitrogen and oxygen atoms in total. The van der Waals surface area contributed by atoms with Crippen molar-refractivity contribution in [3.63, 3.8) is 0 Å². The van der Waals surface area contributed by atoms with Crippen LogP contribution in [0.4, 0.5) is 17.1 Å². The van der Waals surface area contributed by atoms with Gasteiger partial charge in [0.15, 0.2) is 13.9 Å². The third kappa shape index (κ3) is 5.51. The monoisotopic (exact) mass is 569 g/mol. The van der Waals surface area contributed by atoms with Crippen molar-refractivity contribution >= 4 is 43.2 Å². The second-order valence-corrected chi connectivity index (χ2v) is 15.1. The molecule has 0 unspecified atom stereocenters. The standard InChI is InChI=1S/C29H39N3O7Si/c1-18-26(40(3,4)37)24(14-16-33)39-29(18)22-17-21(31-27(35)19-8-10-20(30)11-9-19)12-13-23(22)32(28(29)36)15-6-5-7-25(34)38-2/h8-13,17-18,24,26,33,37H,5-7,14-16,30H2,1-4H3,(H,31,35)/t18-,24+,26-,29+/m1/s1. The number of amides is 2. The van der Waals surface area contributed by atoms with Gasteiger partial charge in [0.05, 0.1) is 18.9 Å². The number of anilines is 3. The van der Waals surface area contributed by atoms with Gasteiger partial charge in [-0.15, -0.1) is 0 Å². The Kier molecular flexibility index (Phi) is 8.69. The van der Waals surface area contributed by atoms with Crippen LogP contribution in [0.25, 0.3) is 0 Å². The van der Waals surface area contributed by atoms with E-state index >= 15 is 0 Å². The zero-order valence-electron chi connectivity index (χ0n) is 23.5. The predicted octanol–water partition coefficient (Wildman–Crippen LogP) is 3.39. The lowest BCUT2D eigenvalue weighted by atomic mass is 9.82. The minimum atomic E-state index is -2.83. The van der Waals surface area contributed by atoms with E-state index in [2.05, 4.69) is 5.32 Å². The molecule has 40 heavy (non-hydrogen) atoms. The third-order valence-electron chi connectivity index (χ3n) is 8.07. The van der Waals surface area contributed by atoms with Gasteiger partial charge in [0, 0.05) is 53.5 Å². The maximum Gasteiger partial charge on any atom is 0.305 e. The Hall–Kier alpha value is -3.25. The minimum absolute atomic E-state index is 0.135. The number of carbonyl (C=O) groups is 3. The van der Waals surface area contributed by atoms with E-state index in [1.807, 2.05) is 20.0 Å². The molecule has 2 aliphatic heterocycles. The summed E-state index contributed by atoms with van der Waals surface area (Å²) in [6.07, 6.45) is 1.17. The molecule has 11 heteroatoms. The first-order valence-electron chi connectivity index (χ1n) is 13.6. The Bertz CT molecular complexity index is 1260. The van der Waals surface area contributed by atoms with E-state index in [0.717, 1.165) is 0 Å². The van der Waals surface area contributed by atoms with E-state index in [0.29, 0.717) is 54.0 Å². The Balaban J connectivity index is 1.71. The fraction of sp³-hybridized carbons (Fsp3) is 0.483. The molecule has 0 bridgehead atoms. The molecule has 0 radical (unpaired) electrons. The average Bonchev–Trinajstić information content (AvgIpc) is 3.33. The van der Waals surface area contributed by atoms with Gasteiger partial charge in [-0.05, 0) is 74.8 Å². The van der Waals surface area contributed by atoms with Gasteiger partial charge >= 0.3 is 5.97 Å². The Morgan fingerprint density at radius 1 is 1.18 bits per heavy atom. The van der Waals surface area contributed by atoms with E-state index in [1.165, 1.54) is 7.11 Å². The zero-order valence-corrected chi connectivity index (χ0v) is 24.5. The number of rotatable bonds is 10. The Labute approximate surface area is 235 Å². The molecular weight excluding hydrogens is 530 g/mol. The number of hydrogen-bond acceptors (Lipinski definition) is 8. The normalized spacial score (nSPS) is 23.9. The van der Waals surface area contributed by atoms with E-state index in [1.54, 1.807) is 47.4 Å². The lowest BCUT2D eigenvalue weighted by molar-refractivity contribution is -0.146. The van der Waals surface area contributed by atoms with Crippen molar-refractivity contribution in [3.8, 4) is 0 Å². The highest BCUT2D eigenvalue weighted by Gasteiger charge is 2.66. The van der Waals surface area contributed by atoms with Crippen molar-refractivity contribution in [3.05, 3.63) is 53.6 Å². The van der Waals surface area contributed by atoms with Gasteiger partial charge in [0.2, 0.25) is 0 Å². The summed E-state index contributed by atoms with van der Waals surface area (Å²) in [5, 5.41) is 12.7. The first-order valence-corrected chi connectivity index (χ1v) is 16.7. The summed E-state index contributed by atoms with van der Waals surface area (Å²) in [6.45, 7) is 5.82. The topological polar surface area (TPSA) is 151 Å². The fourth-order valence-corrected chi connectivity index (χ4v) is 8.86. The highest BCUT2D eigenvalue weighted by atomic mass is 28.4. The van der Waals surface area contributed by atoms with Crippen molar-refractivity contribution in [1.29, 1.82) is 0 Å². The maximum atomic E-state index is 14.3. The average molecular weight is 570 g/mol. The van der Waals surface area contributed by atoms with Crippen LogP contribution in [0.2, 0.25) is 18.6 Å². The summed E-state index contributed by atoms with van der Waals surface area (Å²) in [4.78, 5) is 51.7. The molecule has 0 aromatic heterocycles. The quantitative estimate of drug-likeness (QED) is 0.147. The van der Waals surface area contributed by atoms with Gasteiger partial charge in [-0.25, -0.2) is 0 Å². The number of nitrogens with zero attached hydrogens (tertiary/aromatic N) is 1. The number of carbonyl (C=O) groups excluding carboxylic acids is 3. The van der Waals surface area contributed by atoms with E-state index in [4.69, 9.17) is 15.2 Å². The molecule has 2 aromatic rings. The van der Waals surface area contributed by atoms with Gasteiger partial charge in [-0.3, -0.25) is 14.4 Å². The molecule has 1 fully saturated rings. The van der Waals surface area contributed by atoms with Gasteiger partial charge in [0.25, 0.3) is 11.8 Å². The number of hydrogen-bond donors (Lipinski definition) is 4. The van der Waals surface area contributed by atoms with Crippen molar-refractivity contribution in [1.82, 2.24) is 0 Å². The lowest BCUT2D eigenvalue weighted by Crippen LogP contribution is -2.46. The summed E-state index contributed by atoms with van der Waals surface area (Å²) in [5.41, 5.74) is 6.85.